The number of benzene rings is 1. The van der Waals surface area contributed by atoms with E-state index in [2.05, 4.69) is 10.5 Å². The number of aromatic carboxylic acids is 1. The summed E-state index contributed by atoms with van der Waals surface area (Å²) in [6.07, 6.45) is -9.01. The van der Waals surface area contributed by atoms with Crippen LogP contribution in [0.4, 0.5) is 0 Å². The lowest BCUT2D eigenvalue weighted by molar-refractivity contribution is -0.316. The Bertz CT molecular complexity index is 2610. The molecule has 0 unspecified atom stereocenters. The van der Waals surface area contributed by atoms with Crippen LogP contribution in [0.3, 0.4) is 0 Å². The van der Waals surface area contributed by atoms with Gasteiger partial charge in [-0.1, -0.05) is 38.9 Å². The molecule has 0 bridgehead atoms. The molecule has 0 aliphatic carbocycles. The monoisotopic (exact) mass is 1130 g/mol. The van der Waals surface area contributed by atoms with Crippen LogP contribution in [-0.4, -0.2) is 191 Å². The molecule has 3 fully saturated rings. The van der Waals surface area contributed by atoms with Crippen LogP contribution in [0.1, 0.15) is 123 Å². The molecule has 4 aliphatic heterocycles. The molecule has 2 aromatic rings. The number of carbonyl (C=O) groups excluding carboxylic acids is 1. The summed E-state index contributed by atoms with van der Waals surface area (Å²) in [6.45, 7) is 17.0. The van der Waals surface area contributed by atoms with Crippen molar-refractivity contribution in [2.75, 3.05) is 40.0 Å². The Morgan fingerprint density at radius 1 is 0.974 bits per heavy atom. The van der Waals surface area contributed by atoms with E-state index in [0.29, 0.717) is 36.7 Å². The molecule has 0 amide bonds. The topological polar surface area (TPSA) is 313 Å². The minimum atomic E-state index is -4.23. The number of methoxy groups -OCH3 is 1. The number of hydrogen-bond acceptors (Lipinski definition) is 21. The number of aromatic nitrogens is 1. The van der Waals surface area contributed by atoms with Crippen LogP contribution in [0.5, 0.6) is 0 Å². The molecule has 0 saturated carbocycles. The number of hydrogen-bond donors (Lipinski definition) is 7. The Kier molecular flexibility index (Phi) is 20.8. The van der Waals surface area contributed by atoms with E-state index in [1.54, 1.807) is 59.1 Å². The molecular formula is C54H86N4O19S. The van der Waals surface area contributed by atoms with Gasteiger partial charge in [-0.2, -0.15) is 8.42 Å². The first-order valence-corrected chi connectivity index (χ1v) is 28.7. The second-order valence-electron chi connectivity index (χ2n) is 23.1. The smallest absolute Gasteiger partial charge is 0.341 e. The maximum absolute atomic E-state index is 14.5. The van der Waals surface area contributed by atoms with Crippen LogP contribution in [0, 0.1) is 23.7 Å². The van der Waals surface area contributed by atoms with E-state index >= 15 is 0 Å². The number of oxime groups is 1. The lowest BCUT2D eigenvalue weighted by Crippen LogP contribution is -2.61. The molecule has 0 spiro atoms. The Balaban J connectivity index is 1.20. The zero-order valence-corrected chi connectivity index (χ0v) is 48.2. The number of carboxylic acid groups (broad SMARTS) is 1. The number of aliphatic hydroxyl groups is 4. The van der Waals surface area contributed by atoms with Gasteiger partial charge in [0.1, 0.15) is 36.2 Å². The van der Waals surface area contributed by atoms with E-state index in [1.807, 2.05) is 32.0 Å². The highest BCUT2D eigenvalue weighted by Gasteiger charge is 2.54. The molecule has 78 heavy (non-hydrogen) atoms. The van der Waals surface area contributed by atoms with Gasteiger partial charge in [-0.05, 0) is 106 Å². The van der Waals surface area contributed by atoms with Gasteiger partial charge >= 0.3 is 11.9 Å². The Morgan fingerprint density at radius 3 is 2.29 bits per heavy atom. The molecule has 24 heteroatoms. The summed E-state index contributed by atoms with van der Waals surface area (Å²) in [5, 5.41) is 75.1. The minimum Gasteiger partial charge on any atom is -0.477 e. The Morgan fingerprint density at radius 2 is 1.67 bits per heavy atom. The Labute approximate surface area is 457 Å². The molecule has 4 aliphatic rings. The molecule has 23 nitrogen and oxygen atoms in total. The molecule has 6 rings (SSSR count). The number of rotatable bonds is 17. The summed E-state index contributed by atoms with van der Waals surface area (Å²) in [6, 6.07) is 3.22. The van der Waals surface area contributed by atoms with E-state index in [0.717, 1.165) is 11.1 Å². The molecule has 1 aromatic heterocycles. The predicted molar refractivity (Wildman–Crippen MR) is 284 cm³/mol. The van der Waals surface area contributed by atoms with Crippen LogP contribution < -0.4 is 10.7 Å². The molecule has 1 aromatic carbocycles. The molecule has 18 atom stereocenters. The van der Waals surface area contributed by atoms with Crippen molar-refractivity contribution in [2.45, 2.75) is 205 Å². The number of carbonyl (C=O) groups is 2. The maximum atomic E-state index is 14.5. The van der Waals surface area contributed by atoms with E-state index < -0.39 is 135 Å². The van der Waals surface area contributed by atoms with Gasteiger partial charge < -0.3 is 78.7 Å². The number of cyclic esters (lactones) is 1. The number of aryl methyl sites for hydroxylation is 1. The van der Waals surface area contributed by atoms with Gasteiger partial charge in [0.05, 0.1) is 71.2 Å². The lowest BCUT2D eigenvalue weighted by Gasteiger charge is -2.49. The molecule has 7 N–H and O–H groups in total. The molecule has 0 radical (unpaired) electrons. The SMILES string of the molecule is CC[C@H]1OC(=O)[C@H](C)[C@@H](O[C@H]2C[C@@](C)(OC)[C@@H](OS(=O)(=O)CCNCCCc3cc4c5c(c3)c(=O)c(C(=O)O)cn5COC4)[C@H](C)O2)[C@H](C)[C@H](O[C@H]2O[C@@H](C)C[C@H](N(C)C)[C@H]2O)[C@](C)(O)C[C@@H](C)/C(=N\O)[C@@H](C)[C@H](O)[C@@]1(C)O. The van der Waals surface area contributed by atoms with Crippen LogP contribution in [0.15, 0.2) is 28.3 Å². The van der Waals surface area contributed by atoms with Crippen LogP contribution in [-0.2, 0) is 72.0 Å². The number of esters is 1. The van der Waals surface area contributed by atoms with E-state index in [1.165, 1.54) is 27.2 Å². The second kappa shape index (κ2) is 25.6. The first kappa shape index (κ1) is 63.5. The maximum Gasteiger partial charge on any atom is 0.341 e. The van der Waals surface area contributed by atoms with Gasteiger partial charge in [-0.15, -0.1) is 0 Å². The normalized spacial score (nSPS) is 38.1. The highest BCUT2D eigenvalue weighted by Crippen LogP contribution is 2.42. The van der Waals surface area contributed by atoms with Crippen LogP contribution in [0.25, 0.3) is 10.9 Å². The largest absolute Gasteiger partial charge is 0.477 e. The average Bonchev–Trinajstić information content (AvgIpc) is 3.42. The van der Waals surface area contributed by atoms with E-state index in [4.69, 9.17) is 37.3 Å². The number of nitrogens with one attached hydrogen (secondary N) is 1. The van der Waals surface area contributed by atoms with Gasteiger partial charge in [0.25, 0.3) is 10.1 Å². The third-order valence-electron chi connectivity index (χ3n) is 16.6. The molecular weight excluding hydrogens is 1040 g/mol. The lowest BCUT2D eigenvalue weighted by atomic mass is 9.73. The van der Waals surface area contributed by atoms with Gasteiger partial charge in [0.2, 0.25) is 5.43 Å². The van der Waals surface area contributed by atoms with Crippen molar-refractivity contribution >= 4 is 38.7 Å². The molecule has 442 valence electrons. The van der Waals surface area contributed by atoms with E-state index in [9.17, 15) is 53.5 Å². The summed E-state index contributed by atoms with van der Waals surface area (Å²) in [7, 11) is 0.814. The zero-order valence-electron chi connectivity index (χ0n) is 47.4. The number of likely N-dealkylation sites (N-methyl/N-ethyl adjacent to an activating group) is 1. The first-order chi connectivity index (χ1) is 36.4. The number of ether oxygens (including phenoxy) is 7. The number of nitrogens with zero attached hydrogens (tertiary/aromatic N) is 3. The van der Waals surface area contributed by atoms with Crippen LogP contribution >= 0.6 is 0 Å². The fourth-order valence-corrected chi connectivity index (χ4v) is 13.3. The summed E-state index contributed by atoms with van der Waals surface area (Å²) < 4.78 is 78.7. The quantitative estimate of drug-likeness (QED) is 0.0393. The summed E-state index contributed by atoms with van der Waals surface area (Å²) in [4.78, 5) is 41.3. The summed E-state index contributed by atoms with van der Waals surface area (Å²) >= 11 is 0. The highest BCUT2D eigenvalue weighted by molar-refractivity contribution is 7.86. The van der Waals surface area contributed by atoms with Gasteiger partial charge in [0, 0.05) is 61.0 Å². The number of carboxylic acids is 1. The van der Waals surface area contributed by atoms with Gasteiger partial charge in [-0.3, -0.25) is 13.8 Å². The van der Waals surface area contributed by atoms with Crippen molar-refractivity contribution in [3.8, 4) is 0 Å². The van der Waals surface area contributed by atoms with Crippen molar-refractivity contribution in [3.05, 3.63) is 45.2 Å². The van der Waals surface area contributed by atoms with Crippen molar-refractivity contribution < 1.29 is 86.1 Å². The van der Waals surface area contributed by atoms with Gasteiger partial charge in [0.15, 0.2) is 12.6 Å². The zero-order chi connectivity index (χ0) is 58.0. The standard InChI is InChI=1S/C54H86N4O19S/c1-14-39-54(10,66)46(61)30(4)41(56-67)28(2)23-52(8,65)47(76-51-44(60)38(57(11)12)20-29(3)72-51)31(5)45(32(6)50(64)74-39)75-40-24-53(9,70-13)48(33(7)73-40)77-78(68,69)19-18-55-17-15-16-34-21-35-26-71-27-58-25-37(49(62)63)43(59)36(22-34)42(35)58/h21-22,25,28-33,38-40,44-48,51,55,60-61,65-67H,14-20,23-24,26-27H2,1-13H3,(H,62,63)/b56-41+/t28-,29+,30-,31+,32-,33+,38+,39-,40+,44-,45+,46+,47+,48+,51-,52-,53-,54+/m1/s1. The van der Waals surface area contributed by atoms with Crippen LogP contribution in [0.2, 0.25) is 0 Å². The Hall–Kier alpha value is -3.73. The van der Waals surface area contributed by atoms with Gasteiger partial charge in [-0.25, -0.2) is 4.79 Å². The fourth-order valence-electron chi connectivity index (χ4n) is 12.2. The molecule has 5 heterocycles. The third kappa shape index (κ3) is 13.9. The van der Waals surface area contributed by atoms with Crippen molar-refractivity contribution in [1.82, 2.24) is 14.8 Å². The first-order valence-electron chi connectivity index (χ1n) is 27.1. The third-order valence-corrected chi connectivity index (χ3v) is 17.8. The fraction of sp³-hybridized carbons (Fsp3) is 0.778. The minimum absolute atomic E-state index is 0.0284. The van der Waals surface area contributed by atoms with Crippen molar-refractivity contribution in [2.24, 2.45) is 28.8 Å². The van der Waals surface area contributed by atoms with Crippen molar-refractivity contribution in [1.29, 1.82) is 0 Å². The molecule has 3 saturated heterocycles. The van der Waals surface area contributed by atoms with Crippen molar-refractivity contribution in [3.63, 3.8) is 0 Å². The van der Waals surface area contributed by atoms with E-state index in [-0.39, 0.29) is 56.5 Å². The second-order valence-corrected chi connectivity index (χ2v) is 24.8. The average molecular weight is 1130 g/mol. The highest BCUT2D eigenvalue weighted by atomic mass is 32.2. The number of aliphatic hydroxyl groups excluding tert-OH is 2. The number of pyridine rings is 1. The predicted octanol–water partition coefficient (Wildman–Crippen LogP) is 3.12. The summed E-state index contributed by atoms with van der Waals surface area (Å²) in [5.74, 6) is -6.50. The summed E-state index contributed by atoms with van der Waals surface area (Å²) in [5.41, 5.74) is -3.96.